The summed E-state index contributed by atoms with van der Waals surface area (Å²) in [5, 5.41) is 7.19. The van der Waals surface area contributed by atoms with Crippen molar-refractivity contribution in [1.82, 2.24) is 0 Å². The molecule has 0 heterocycles. The first-order valence-electron chi connectivity index (χ1n) is 8.82. The first-order valence-corrected chi connectivity index (χ1v) is 8.82. The standard InChI is InChI=1S/C20H32N2O3/c1-6-7-10-21-19-13-16(2)20(17(3)14-19)25-12-9-8-11-24-15-18(4)22-23-5/h6-7,13-14,21H,8-12,15H2,1-5H3/b7-6+,22-18+. The van der Waals surface area contributed by atoms with Gasteiger partial charge in [-0.05, 0) is 63.8 Å². The Bertz CT molecular complexity index is 545. The van der Waals surface area contributed by atoms with Gasteiger partial charge in [-0.1, -0.05) is 17.3 Å². The Morgan fingerprint density at radius 1 is 1.16 bits per heavy atom. The molecule has 140 valence electrons. The fourth-order valence-electron chi connectivity index (χ4n) is 2.46. The predicted octanol–water partition coefficient (Wildman–Crippen LogP) is 4.49. The monoisotopic (exact) mass is 348 g/mol. The first kappa shape index (κ1) is 21.0. The number of benzene rings is 1. The molecule has 0 bridgehead atoms. The van der Waals surface area contributed by atoms with Crippen LogP contribution >= 0.6 is 0 Å². The summed E-state index contributed by atoms with van der Waals surface area (Å²) >= 11 is 0. The number of nitrogens with one attached hydrogen (secondary N) is 1. The highest BCUT2D eigenvalue weighted by Crippen LogP contribution is 2.27. The zero-order valence-electron chi connectivity index (χ0n) is 16.2. The van der Waals surface area contributed by atoms with E-state index in [-0.39, 0.29) is 0 Å². The average Bonchev–Trinajstić information content (AvgIpc) is 2.56. The van der Waals surface area contributed by atoms with E-state index in [4.69, 9.17) is 9.47 Å². The Kier molecular flexibility index (Phi) is 10.4. The number of hydrogen-bond donors (Lipinski definition) is 1. The van der Waals surface area contributed by atoms with Gasteiger partial charge in [-0.25, -0.2) is 0 Å². The molecule has 1 aromatic rings. The Hall–Kier alpha value is -2.01. The third-order valence-corrected chi connectivity index (χ3v) is 3.61. The van der Waals surface area contributed by atoms with Crippen LogP contribution in [0.3, 0.4) is 0 Å². The van der Waals surface area contributed by atoms with E-state index in [1.54, 1.807) is 0 Å². The molecule has 1 rings (SSSR count). The summed E-state index contributed by atoms with van der Waals surface area (Å²) < 4.78 is 11.5. The van der Waals surface area contributed by atoms with Gasteiger partial charge >= 0.3 is 0 Å². The Labute approximate surface area is 152 Å². The minimum Gasteiger partial charge on any atom is -0.493 e. The maximum Gasteiger partial charge on any atom is 0.125 e. The van der Waals surface area contributed by atoms with Gasteiger partial charge in [-0.15, -0.1) is 0 Å². The third kappa shape index (κ3) is 8.59. The van der Waals surface area contributed by atoms with Crippen molar-refractivity contribution < 1.29 is 14.3 Å². The number of rotatable bonds is 12. The maximum atomic E-state index is 5.97. The molecule has 0 fully saturated rings. The molecule has 0 amide bonds. The number of ether oxygens (including phenoxy) is 2. The van der Waals surface area contributed by atoms with Gasteiger partial charge in [0.2, 0.25) is 0 Å². The van der Waals surface area contributed by atoms with Gasteiger partial charge in [0.25, 0.3) is 0 Å². The lowest BCUT2D eigenvalue weighted by Gasteiger charge is -2.14. The highest BCUT2D eigenvalue weighted by Gasteiger charge is 2.06. The molecule has 0 saturated carbocycles. The van der Waals surface area contributed by atoms with Crippen LogP contribution in [-0.2, 0) is 9.57 Å². The SMILES string of the molecule is C/C=C/CNc1cc(C)c(OCCCCOC/C(C)=N/OC)c(C)c1. The van der Waals surface area contributed by atoms with Crippen molar-refractivity contribution in [1.29, 1.82) is 0 Å². The number of hydrogen-bond acceptors (Lipinski definition) is 5. The van der Waals surface area contributed by atoms with E-state index in [2.05, 4.69) is 47.4 Å². The largest absolute Gasteiger partial charge is 0.493 e. The normalized spacial score (nSPS) is 11.8. The summed E-state index contributed by atoms with van der Waals surface area (Å²) in [5.41, 5.74) is 4.28. The molecule has 0 aromatic heterocycles. The smallest absolute Gasteiger partial charge is 0.125 e. The average molecular weight is 348 g/mol. The molecule has 0 aliphatic carbocycles. The van der Waals surface area contributed by atoms with Crippen molar-refractivity contribution in [3.63, 3.8) is 0 Å². The molecule has 0 aliphatic heterocycles. The van der Waals surface area contributed by atoms with E-state index >= 15 is 0 Å². The Balaban J connectivity index is 2.31. The summed E-state index contributed by atoms with van der Waals surface area (Å²) in [4.78, 5) is 4.69. The fourth-order valence-corrected chi connectivity index (χ4v) is 2.46. The highest BCUT2D eigenvalue weighted by molar-refractivity contribution is 5.82. The van der Waals surface area contributed by atoms with Crippen LogP contribution in [0.2, 0.25) is 0 Å². The molecule has 0 radical (unpaired) electrons. The van der Waals surface area contributed by atoms with Crippen LogP contribution < -0.4 is 10.1 Å². The van der Waals surface area contributed by atoms with Gasteiger partial charge in [-0.3, -0.25) is 0 Å². The number of unbranched alkanes of at least 4 members (excludes halogenated alkanes) is 1. The summed E-state index contributed by atoms with van der Waals surface area (Å²) in [6.07, 6.45) is 6.06. The van der Waals surface area contributed by atoms with E-state index in [1.807, 2.05) is 19.9 Å². The zero-order chi connectivity index (χ0) is 18.5. The lowest BCUT2D eigenvalue weighted by Crippen LogP contribution is -2.08. The van der Waals surface area contributed by atoms with Gasteiger partial charge in [0.15, 0.2) is 0 Å². The molecule has 0 aliphatic rings. The second-order valence-electron chi connectivity index (χ2n) is 6.01. The van der Waals surface area contributed by atoms with Crippen molar-refractivity contribution >= 4 is 11.4 Å². The van der Waals surface area contributed by atoms with Gasteiger partial charge in [-0.2, -0.15) is 0 Å². The second kappa shape index (κ2) is 12.4. The highest BCUT2D eigenvalue weighted by atomic mass is 16.6. The lowest BCUT2D eigenvalue weighted by atomic mass is 10.1. The molecule has 0 unspecified atom stereocenters. The van der Waals surface area contributed by atoms with Crippen molar-refractivity contribution in [2.45, 2.75) is 40.5 Å². The van der Waals surface area contributed by atoms with Crippen molar-refractivity contribution in [2.24, 2.45) is 5.16 Å². The Morgan fingerprint density at radius 2 is 1.84 bits per heavy atom. The molecule has 5 nitrogen and oxygen atoms in total. The van der Waals surface area contributed by atoms with Crippen molar-refractivity contribution in [3.05, 3.63) is 35.4 Å². The molecular formula is C20H32N2O3. The molecule has 0 atom stereocenters. The molecule has 0 saturated heterocycles. The van der Waals surface area contributed by atoms with Crippen LogP contribution in [0, 0.1) is 13.8 Å². The quantitative estimate of drug-likeness (QED) is 0.262. The summed E-state index contributed by atoms with van der Waals surface area (Å²) in [7, 11) is 1.54. The molecule has 1 N–H and O–H groups in total. The maximum absolute atomic E-state index is 5.97. The van der Waals surface area contributed by atoms with E-state index in [0.29, 0.717) is 19.8 Å². The van der Waals surface area contributed by atoms with E-state index in [1.165, 1.54) is 7.11 Å². The summed E-state index contributed by atoms with van der Waals surface area (Å²) in [6, 6.07) is 4.26. The van der Waals surface area contributed by atoms with Gasteiger partial charge in [0, 0.05) is 18.8 Å². The topological polar surface area (TPSA) is 52.1 Å². The summed E-state index contributed by atoms with van der Waals surface area (Å²) in [6.45, 7) is 10.8. The first-order chi connectivity index (χ1) is 12.1. The fraction of sp³-hybridized carbons (Fsp3) is 0.550. The number of oxime groups is 1. The lowest BCUT2D eigenvalue weighted by molar-refractivity contribution is 0.153. The van der Waals surface area contributed by atoms with E-state index in [0.717, 1.165) is 47.7 Å². The van der Waals surface area contributed by atoms with Gasteiger partial charge < -0.3 is 19.6 Å². The van der Waals surface area contributed by atoms with E-state index in [9.17, 15) is 0 Å². The molecular weight excluding hydrogens is 316 g/mol. The van der Waals surface area contributed by atoms with E-state index < -0.39 is 0 Å². The second-order valence-corrected chi connectivity index (χ2v) is 6.01. The van der Waals surface area contributed by atoms with Crippen molar-refractivity contribution in [3.8, 4) is 5.75 Å². The Morgan fingerprint density at radius 3 is 2.48 bits per heavy atom. The molecule has 25 heavy (non-hydrogen) atoms. The number of aryl methyl sites for hydroxylation is 2. The van der Waals surface area contributed by atoms with Gasteiger partial charge in [0.1, 0.15) is 12.9 Å². The number of anilines is 1. The minimum absolute atomic E-state index is 0.509. The van der Waals surface area contributed by atoms with Gasteiger partial charge in [0.05, 0.1) is 18.9 Å². The number of nitrogens with zero attached hydrogens (tertiary/aromatic N) is 1. The van der Waals surface area contributed by atoms with Crippen LogP contribution in [0.4, 0.5) is 5.69 Å². The molecule has 5 heteroatoms. The molecule has 0 spiro atoms. The summed E-state index contributed by atoms with van der Waals surface area (Å²) in [5.74, 6) is 0.987. The van der Waals surface area contributed by atoms with Crippen LogP contribution in [0.25, 0.3) is 0 Å². The molecule has 1 aromatic carbocycles. The van der Waals surface area contributed by atoms with Crippen molar-refractivity contribution in [2.75, 3.05) is 38.8 Å². The predicted molar refractivity (Wildman–Crippen MR) is 105 cm³/mol. The zero-order valence-corrected chi connectivity index (χ0v) is 16.2. The van der Waals surface area contributed by atoms with Crippen LogP contribution in [0.5, 0.6) is 5.75 Å². The number of allylic oxidation sites excluding steroid dienone is 1. The van der Waals surface area contributed by atoms with Crippen LogP contribution in [0.1, 0.15) is 37.8 Å². The van der Waals surface area contributed by atoms with Crippen LogP contribution in [-0.4, -0.2) is 39.2 Å². The third-order valence-electron chi connectivity index (χ3n) is 3.61. The minimum atomic E-state index is 0.509. The van der Waals surface area contributed by atoms with Crippen LogP contribution in [0.15, 0.2) is 29.4 Å².